The largest absolute Gasteiger partial charge is 0.396 e. The van der Waals surface area contributed by atoms with Gasteiger partial charge in [0.1, 0.15) is 0 Å². The van der Waals surface area contributed by atoms with Crippen molar-refractivity contribution >= 4 is 17.3 Å². The molecule has 2 rings (SSSR count). The molecule has 5 heteroatoms. The second kappa shape index (κ2) is 5.48. The van der Waals surface area contributed by atoms with Crippen molar-refractivity contribution in [3.8, 4) is 0 Å². The zero-order valence-electron chi connectivity index (χ0n) is 11.6. The third kappa shape index (κ3) is 2.81. The van der Waals surface area contributed by atoms with Gasteiger partial charge in [0.2, 0.25) is 0 Å². The number of likely N-dealkylation sites (N-methyl/N-ethyl adjacent to an activating group) is 1. The Morgan fingerprint density at radius 3 is 2.79 bits per heavy atom. The lowest BCUT2D eigenvalue weighted by atomic mass is 10.0. The monoisotopic (exact) mass is 262 g/mol. The quantitative estimate of drug-likeness (QED) is 0.794. The van der Waals surface area contributed by atoms with E-state index in [0.717, 1.165) is 25.2 Å². The lowest BCUT2D eigenvalue weighted by Crippen LogP contribution is -2.45. The first-order valence-electron chi connectivity index (χ1n) is 6.60. The van der Waals surface area contributed by atoms with Crippen molar-refractivity contribution in [1.82, 2.24) is 4.90 Å². The van der Waals surface area contributed by atoms with E-state index in [9.17, 15) is 4.79 Å². The summed E-state index contributed by atoms with van der Waals surface area (Å²) in [5, 5.41) is 0. The molecule has 0 aromatic heterocycles. The van der Waals surface area contributed by atoms with Gasteiger partial charge in [-0.15, -0.1) is 0 Å². The maximum atomic E-state index is 11.3. The number of anilines is 2. The first-order valence-corrected chi connectivity index (χ1v) is 6.60. The first-order chi connectivity index (χ1) is 9.00. The number of nitrogen functional groups attached to an aromatic ring is 1. The molecule has 1 fully saturated rings. The molecule has 1 heterocycles. The smallest absolute Gasteiger partial charge is 0.250 e. The number of nitrogens with zero attached hydrogens (tertiary/aromatic N) is 2. The van der Waals surface area contributed by atoms with Crippen LogP contribution in [0, 0.1) is 0 Å². The molecule has 1 unspecified atom stereocenters. The van der Waals surface area contributed by atoms with E-state index >= 15 is 0 Å². The predicted molar refractivity (Wildman–Crippen MR) is 78.3 cm³/mol. The summed E-state index contributed by atoms with van der Waals surface area (Å²) < 4.78 is 0. The van der Waals surface area contributed by atoms with Crippen LogP contribution in [-0.2, 0) is 0 Å². The number of carbonyl (C=O) groups excluding carboxylic acids is 1. The molecule has 4 N–H and O–H groups in total. The highest BCUT2D eigenvalue weighted by Crippen LogP contribution is 2.29. The predicted octanol–water partition coefficient (Wildman–Crippen LogP) is 0.898. The Kier molecular flexibility index (Phi) is 3.95. The maximum Gasteiger partial charge on any atom is 0.250 e. The van der Waals surface area contributed by atoms with Crippen LogP contribution < -0.4 is 16.4 Å². The van der Waals surface area contributed by atoms with Crippen LogP contribution >= 0.6 is 0 Å². The summed E-state index contributed by atoms with van der Waals surface area (Å²) in [4.78, 5) is 15.8. The number of primary amides is 1. The van der Waals surface area contributed by atoms with Gasteiger partial charge in [-0.2, -0.15) is 0 Å². The van der Waals surface area contributed by atoms with E-state index in [0.29, 0.717) is 17.3 Å². The fourth-order valence-electron chi connectivity index (χ4n) is 2.64. The third-order valence-electron chi connectivity index (χ3n) is 3.82. The van der Waals surface area contributed by atoms with E-state index in [-0.39, 0.29) is 0 Å². The second-order valence-corrected chi connectivity index (χ2v) is 5.31. The van der Waals surface area contributed by atoms with Crippen LogP contribution in [0.2, 0.25) is 0 Å². The Morgan fingerprint density at radius 2 is 2.16 bits per heavy atom. The molecule has 5 nitrogen and oxygen atoms in total. The van der Waals surface area contributed by atoms with Gasteiger partial charge in [-0.1, -0.05) is 6.07 Å². The van der Waals surface area contributed by atoms with Gasteiger partial charge in [-0.25, -0.2) is 0 Å². The summed E-state index contributed by atoms with van der Waals surface area (Å²) in [7, 11) is 4.19. The van der Waals surface area contributed by atoms with E-state index < -0.39 is 5.91 Å². The minimum absolute atomic E-state index is 0.407. The number of rotatable bonds is 3. The Bertz CT molecular complexity index is 473. The van der Waals surface area contributed by atoms with Gasteiger partial charge in [0.15, 0.2) is 0 Å². The van der Waals surface area contributed by atoms with Gasteiger partial charge in [0.25, 0.3) is 5.91 Å². The van der Waals surface area contributed by atoms with E-state index in [1.807, 2.05) is 12.1 Å². The highest BCUT2D eigenvalue weighted by Gasteiger charge is 2.23. The summed E-state index contributed by atoms with van der Waals surface area (Å²) in [5.41, 5.74) is 13.2. The standard InChI is InChI=1S/C14H22N4O/c1-17(2)10-5-4-8-18(9-10)12-7-3-6-11(13(12)15)14(16)19/h3,6-7,10H,4-5,8-9,15H2,1-2H3,(H2,16,19). The Hall–Kier alpha value is -1.75. The average Bonchev–Trinajstić information content (AvgIpc) is 2.38. The molecule has 1 aromatic rings. The molecule has 1 aliphatic rings. The van der Waals surface area contributed by atoms with Gasteiger partial charge in [-0.3, -0.25) is 4.79 Å². The Balaban J connectivity index is 2.26. The molecule has 0 spiro atoms. The summed E-state index contributed by atoms with van der Waals surface area (Å²) in [6, 6.07) is 5.99. The van der Waals surface area contributed by atoms with Gasteiger partial charge in [0, 0.05) is 19.1 Å². The molecule has 0 aliphatic carbocycles. The minimum atomic E-state index is -0.472. The van der Waals surface area contributed by atoms with Crippen molar-refractivity contribution < 1.29 is 4.79 Å². The molecule has 1 aromatic carbocycles. The highest BCUT2D eigenvalue weighted by molar-refractivity contribution is 6.00. The normalized spacial score (nSPS) is 19.7. The average molecular weight is 262 g/mol. The van der Waals surface area contributed by atoms with Gasteiger partial charge in [0.05, 0.1) is 16.9 Å². The lowest BCUT2D eigenvalue weighted by Gasteiger charge is -2.38. The molecule has 0 radical (unpaired) electrons. The molecular formula is C14H22N4O. The fraction of sp³-hybridized carbons (Fsp3) is 0.500. The molecule has 19 heavy (non-hydrogen) atoms. The van der Waals surface area contributed by atoms with Crippen LogP contribution in [0.25, 0.3) is 0 Å². The molecule has 1 saturated heterocycles. The second-order valence-electron chi connectivity index (χ2n) is 5.31. The number of piperidine rings is 1. The van der Waals surface area contributed by atoms with E-state index in [4.69, 9.17) is 11.5 Å². The number of para-hydroxylation sites is 1. The number of hydrogen-bond donors (Lipinski definition) is 2. The summed E-state index contributed by atoms with van der Waals surface area (Å²) in [6.07, 6.45) is 2.32. The van der Waals surface area contributed by atoms with Gasteiger partial charge >= 0.3 is 0 Å². The minimum Gasteiger partial charge on any atom is -0.396 e. The van der Waals surface area contributed by atoms with Crippen LogP contribution in [0.1, 0.15) is 23.2 Å². The third-order valence-corrected chi connectivity index (χ3v) is 3.82. The number of nitrogens with two attached hydrogens (primary N) is 2. The van der Waals surface area contributed by atoms with Crippen molar-refractivity contribution in [2.75, 3.05) is 37.8 Å². The van der Waals surface area contributed by atoms with Gasteiger partial charge < -0.3 is 21.3 Å². The summed E-state index contributed by atoms with van der Waals surface area (Å²) in [5.74, 6) is -0.472. The van der Waals surface area contributed by atoms with Crippen LogP contribution in [-0.4, -0.2) is 44.0 Å². The van der Waals surface area contributed by atoms with Crippen molar-refractivity contribution in [2.45, 2.75) is 18.9 Å². The molecule has 0 bridgehead atoms. The van der Waals surface area contributed by atoms with Crippen LogP contribution in [0.5, 0.6) is 0 Å². The summed E-state index contributed by atoms with van der Waals surface area (Å²) >= 11 is 0. The molecular weight excluding hydrogens is 240 g/mol. The van der Waals surface area contributed by atoms with Crippen LogP contribution in [0.3, 0.4) is 0 Å². The van der Waals surface area contributed by atoms with Crippen LogP contribution in [0.4, 0.5) is 11.4 Å². The highest BCUT2D eigenvalue weighted by atomic mass is 16.1. The molecule has 1 amide bonds. The van der Waals surface area contributed by atoms with Crippen molar-refractivity contribution in [3.05, 3.63) is 23.8 Å². The topological polar surface area (TPSA) is 75.6 Å². The molecule has 1 atom stereocenters. The van der Waals surface area contributed by atoms with Crippen molar-refractivity contribution in [3.63, 3.8) is 0 Å². The van der Waals surface area contributed by atoms with Crippen molar-refractivity contribution in [2.24, 2.45) is 5.73 Å². The first kappa shape index (κ1) is 13.7. The molecule has 0 saturated carbocycles. The SMILES string of the molecule is CN(C)C1CCCN(c2cccc(C(N)=O)c2N)C1. The van der Waals surface area contributed by atoms with Gasteiger partial charge in [-0.05, 0) is 39.1 Å². The van der Waals surface area contributed by atoms with E-state index in [1.165, 1.54) is 6.42 Å². The van der Waals surface area contributed by atoms with E-state index in [1.54, 1.807) is 6.07 Å². The fourth-order valence-corrected chi connectivity index (χ4v) is 2.64. The zero-order valence-corrected chi connectivity index (χ0v) is 11.6. The summed E-state index contributed by atoms with van der Waals surface area (Å²) in [6.45, 7) is 1.90. The number of hydrogen-bond acceptors (Lipinski definition) is 4. The maximum absolute atomic E-state index is 11.3. The zero-order chi connectivity index (χ0) is 14.0. The number of amides is 1. The number of benzene rings is 1. The molecule has 1 aliphatic heterocycles. The van der Waals surface area contributed by atoms with Crippen LogP contribution in [0.15, 0.2) is 18.2 Å². The van der Waals surface area contributed by atoms with Crippen molar-refractivity contribution in [1.29, 1.82) is 0 Å². The Labute approximate surface area is 114 Å². The number of carbonyl (C=O) groups is 1. The Morgan fingerprint density at radius 1 is 1.42 bits per heavy atom. The lowest BCUT2D eigenvalue weighted by molar-refractivity contribution is 0.100. The molecule has 104 valence electrons. The van der Waals surface area contributed by atoms with E-state index in [2.05, 4.69) is 23.9 Å².